The number of carbonyl (C=O) groups is 1. The number of hydrogen-bond acceptors (Lipinski definition) is 6. The number of carbonyl (C=O) groups excluding carboxylic acids is 1. The first kappa shape index (κ1) is 25.8. The highest BCUT2D eigenvalue weighted by Crippen LogP contribution is 2.28. The van der Waals surface area contributed by atoms with Crippen molar-refractivity contribution in [2.75, 3.05) is 31.0 Å². The molecule has 0 fully saturated rings. The fourth-order valence-corrected chi connectivity index (χ4v) is 3.76. The second-order valence-corrected chi connectivity index (χ2v) is 8.59. The molecule has 186 valence electrons. The molecule has 9 heteroatoms. The molecule has 3 N–H and O–H groups in total. The largest absolute Gasteiger partial charge is 0.483 e. The summed E-state index contributed by atoms with van der Waals surface area (Å²) in [5.74, 6) is 0.224. The number of hydrogen-bond donors (Lipinski definition) is 2. The maximum Gasteiger partial charge on any atom is 0.330 e. The molecular weight excluding hydrogens is 448 g/mol. The normalized spacial score (nSPS) is 11.0. The number of H-pyrrole nitrogens is 1. The Labute approximate surface area is 204 Å². The van der Waals surface area contributed by atoms with Crippen LogP contribution in [0.5, 0.6) is 5.75 Å². The number of anilines is 2. The summed E-state index contributed by atoms with van der Waals surface area (Å²) in [6.45, 7) is 6.13. The molecule has 3 aromatic rings. The van der Waals surface area contributed by atoms with E-state index in [0.29, 0.717) is 5.75 Å². The van der Waals surface area contributed by atoms with Crippen molar-refractivity contribution in [2.45, 2.75) is 39.8 Å². The first-order chi connectivity index (χ1) is 16.7. The van der Waals surface area contributed by atoms with Crippen LogP contribution in [0.3, 0.4) is 0 Å². The fraction of sp³-hybridized carbons (Fsp3) is 0.346. The van der Waals surface area contributed by atoms with Gasteiger partial charge >= 0.3 is 5.69 Å². The van der Waals surface area contributed by atoms with Crippen molar-refractivity contribution < 1.29 is 14.3 Å². The molecule has 0 bridgehead atoms. The van der Waals surface area contributed by atoms with Crippen molar-refractivity contribution in [1.29, 1.82) is 0 Å². The van der Waals surface area contributed by atoms with Crippen molar-refractivity contribution in [3.63, 3.8) is 0 Å². The molecule has 0 aliphatic heterocycles. The number of nitrogens with two attached hydrogens (primary N) is 1. The molecule has 1 aromatic heterocycles. The number of rotatable bonds is 10. The predicted octanol–water partition coefficient (Wildman–Crippen LogP) is 2.81. The Morgan fingerprint density at radius 3 is 2.51 bits per heavy atom. The van der Waals surface area contributed by atoms with Crippen LogP contribution >= 0.6 is 0 Å². The number of ether oxygens (including phenoxy) is 2. The number of nitrogen functional groups attached to an aromatic ring is 1. The summed E-state index contributed by atoms with van der Waals surface area (Å²) in [6.07, 6.45) is 0. The number of methoxy groups -OCH3 is 1. The van der Waals surface area contributed by atoms with E-state index in [1.54, 1.807) is 0 Å². The van der Waals surface area contributed by atoms with Gasteiger partial charge in [-0.05, 0) is 35.6 Å². The summed E-state index contributed by atoms with van der Waals surface area (Å²) in [5, 5.41) is 0. The maximum atomic E-state index is 13.5. The Kier molecular flexibility index (Phi) is 8.48. The Morgan fingerprint density at radius 2 is 1.86 bits per heavy atom. The number of aryl methyl sites for hydroxylation is 1. The number of nitrogens with zero attached hydrogens (tertiary/aromatic N) is 2. The molecule has 0 aliphatic carbocycles. The highest BCUT2D eigenvalue weighted by atomic mass is 16.5. The summed E-state index contributed by atoms with van der Waals surface area (Å²) < 4.78 is 12.2. The SMILES string of the molecule is COCCn1c(N)c(N(Cc2ccccc2)C(=O)COc2cc(C)ccc2C(C)C)c(=O)[nH]c1=O. The van der Waals surface area contributed by atoms with Gasteiger partial charge in [0.2, 0.25) is 0 Å². The minimum Gasteiger partial charge on any atom is -0.483 e. The van der Waals surface area contributed by atoms with Gasteiger partial charge in [-0.3, -0.25) is 24.0 Å². The van der Waals surface area contributed by atoms with E-state index in [4.69, 9.17) is 15.2 Å². The summed E-state index contributed by atoms with van der Waals surface area (Å²) >= 11 is 0. The number of amides is 1. The van der Waals surface area contributed by atoms with Gasteiger partial charge in [0, 0.05) is 7.11 Å². The molecule has 35 heavy (non-hydrogen) atoms. The number of benzene rings is 2. The van der Waals surface area contributed by atoms with Gasteiger partial charge in [0.15, 0.2) is 12.3 Å². The van der Waals surface area contributed by atoms with Crippen molar-refractivity contribution in [1.82, 2.24) is 9.55 Å². The van der Waals surface area contributed by atoms with Crippen molar-refractivity contribution in [3.05, 3.63) is 86.1 Å². The van der Waals surface area contributed by atoms with Crippen LogP contribution < -0.4 is 26.6 Å². The zero-order chi connectivity index (χ0) is 25.5. The zero-order valence-electron chi connectivity index (χ0n) is 20.5. The van der Waals surface area contributed by atoms with Gasteiger partial charge in [0.25, 0.3) is 11.5 Å². The molecule has 0 saturated carbocycles. The topological polar surface area (TPSA) is 120 Å². The quantitative estimate of drug-likeness (QED) is 0.461. The van der Waals surface area contributed by atoms with Gasteiger partial charge in [0.1, 0.15) is 11.6 Å². The van der Waals surface area contributed by atoms with Crippen molar-refractivity contribution >= 4 is 17.4 Å². The lowest BCUT2D eigenvalue weighted by atomic mass is 10.0. The Bertz CT molecular complexity index is 1280. The van der Waals surface area contributed by atoms with Crippen molar-refractivity contribution in [2.24, 2.45) is 0 Å². The van der Waals surface area contributed by atoms with E-state index >= 15 is 0 Å². The van der Waals surface area contributed by atoms with Gasteiger partial charge in [-0.1, -0.05) is 56.3 Å². The Hall–Kier alpha value is -3.85. The summed E-state index contributed by atoms with van der Waals surface area (Å²) in [5.41, 5.74) is 7.51. The van der Waals surface area contributed by atoms with E-state index in [0.717, 1.165) is 16.7 Å². The van der Waals surface area contributed by atoms with E-state index in [1.807, 2.05) is 69.3 Å². The maximum absolute atomic E-state index is 13.5. The lowest BCUT2D eigenvalue weighted by Gasteiger charge is -2.25. The van der Waals surface area contributed by atoms with Gasteiger partial charge in [-0.2, -0.15) is 0 Å². The fourth-order valence-electron chi connectivity index (χ4n) is 3.76. The smallest absolute Gasteiger partial charge is 0.330 e. The van der Waals surface area contributed by atoms with Gasteiger partial charge in [-0.25, -0.2) is 4.79 Å². The van der Waals surface area contributed by atoms with Crippen LogP contribution in [0.25, 0.3) is 0 Å². The molecule has 1 amide bonds. The molecule has 0 aliphatic rings. The molecule has 0 radical (unpaired) electrons. The molecule has 0 saturated heterocycles. The number of aromatic amines is 1. The van der Waals surface area contributed by atoms with Crippen LogP contribution in [0.2, 0.25) is 0 Å². The summed E-state index contributed by atoms with van der Waals surface area (Å²) in [6, 6.07) is 15.1. The van der Waals surface area contributed by atoms with Gasteiger partial charge in [-0.15, -0.1) is 0 Å². The van der Waals surface area contributed by atoms with Crippen LogP contribution in [-0.4, -0.2) is 35.8 Å². The van der Waals surface area contributed by atoms with E-state index < -0.39 is 17.2 Å². The number of aromatic nitrogens is 2. The summed E-state index contributed by atoms with van der Waals surface area (Å²) in [4.78, 5) is 42.2. The van der Waals surface area contributed by atoms with Crippen LogP contribution in [-0.2, 0) is 22.6 Å². The van der Waals surface area contributed by atoms with E-state index in [2.05, 4.69) is 4.98 Å². The van der Waals surface area contributed by atoms with Gasteiger partial charge < -0.3 is 15.2 Å². The lowest BCUT2D eigenvalue weighted by Crippen LogP contribution is -2.42. The highest BCUT2D eigenvalue weighted by molar-refractivity contribution is 5.96. The Morgan fingerprint density at radius 1 is 1.14 bits per heavy atom. The molecule has 3 rings (SSSR count). The van der Waals surface area contributed by atoms with E-state index in [9.17, 15) is 14.4 Å². The Balaban J connectivity index is 2.00. The van der Waals surface area contributed by atoms with Crippen LogP contribution in [0.1, 0.15) is 36.5 Å². The molecule has 2 aromatic carbocycles. The molecular formula is C26H32N4O5. The zero-order valence-corrected chi connectivity index (χ0v) is 20.5. The molecule has 0 spiro atoms. The highest BCUT2D eigenvalue weighted by Gasteiger charge is 2.25. The van der Waals surface area contributed by atoms with Gasteiger partial charge in [0.05, 0.1) is 19.7 Å². The third kappa shape index (κ3) is 6.19. The first-order valence-corrected chi connectivity index (χ1v) is 11.4. The average Bonchev–Trinajstić information content (AvgIpc) is 2.82. The summed E-state index contributed by atoms with van der Waals surface area (Å²) in [7, 11) is 1.49. The molecule has 9 nitrogen and oxygen atoms in total. The van der Waals surface area contributed by atoms with Crippen LogP contribution in [0.15, 0.2) is 58.1 Å². The predicted molar refractivity (Wildman–Crippen MR) is 136 cm³/mol. The molecule has 1 heterocycles. The minimum absolute atomic E-state index is 0.0731. The van der Waals surface area contributed by atoms with E-state index in [-0.39, 0.29) is 43.7 Å². The third-order valence-electron chi connectivity index (χ3n) is 5.63. The van der Waals surface area contributed by atoms with E-state index in [1.165, 1.54) is 16.6 Å². The second kappa shape index (κ2) is 11.5. The number of nitrogens with one attached hydrogen (secondary N) is 1. The standard InChI is InChI=1S/C26H32N4O5/c1-17(2)20-11-10-18(3)14-21(20)35-16-22(31)30(15-19-8-6-5-7-9-19)23-24(27)29(12-13-34-4)26(33)28-25(23)32/h5-11,14,17H,12-13,15-16,27H2,1-4H3,(H,28,32,33). The first-order valence-electron chi connectivity index (χ1n) is 11.4. The third-order valence-corrected chi connectivity index (χ3v) is 5.63. The van der Waals surface area contributed by atoms with Crippen molar-refractivity contribution in [3.8, 4) is 5.75 Å². The second-order valence-electron chi connectivity index (χ2n) is 8.59. The molecule has 0 atom stereocenters. The average molecular weight is 481 g/mol. The van der Waals surface area contributed by atoms with Crippen LogP contribution in [0, 0.1) is 6.92 Å². The minimum atomic E-state index is -0.746. The monoisotopic (exact) mass is 480 g/mol. The lowest BCUT2D eigenvalue weighted by molar-refractivity contribution is -0.120. The molecule has 0 unspecified atom stereocenters. The van der Waals surface area contributed by atoms with Crippen LogP contribution in [0.4, 0.5) is 11.5 Å².